The van der Waals surface area contributed by atoms with Crippen molar-refractivity contribution < 1.29 is 22.4 Å². The summed E-state index contributed by atoms with van der Waals surface area (Å²) >= 11 is 0. The number of carbonyl (C=O) groups is 1. The molecule has 0 aliphatic rings. The molecule has 134 valence electrons. The molecule has 26 heavy (non-hydrogen) atoms. The summed E-state index contributed by atoms with van der Waals surface area (Å²) in [4.78, 5) is 13.9. The number of amides is 1. The van der Waals surface area contributed by atoms with Gasteiger partial charge in [0.1, 0.15) is 23.2 Å². The molecule has 6 heteroatoms. The van der Waals surface area contributed by atoms with Crippen LogP contribution < -0.4 is 4.90 Å². The Balaban J connectivity index is 1.82. The third kappa shape index (κ3) is 4.14. The van der Waals surface area contributed by atoms with Crippen LogP contribution in [0.5, 0.6) is 0 Å². The maximum Gasteiger partial charge on any atom is 0.227 e. The van der Waals surface area contributed by atoms with Gasteiger partial charge in [0.05, 0.1) is 18.5 Å². The standard InChI is InChI=1S/C20H16F3NO2/c21-15-8-9-19(18(23)12-15)24(13-16-5-3-11-26-16)20(25)10-7-14-4-1-2-6-17(14)22/h1-6,8-9,11-12H,7,10,13H2. The van der Waals surface area contributed by atoms with Gasteiger partial charge in [-0.2, -0.15) is 0 Å². The largest absolute Gasteiger partial charge is 0.467 e. The molecule has 1 aromatic heterocycles. The molecular formula is C20H16F3NO2. The van der Waals surface area contributed by atoms with Crippen LogP contribution in [0, 0.1) is 17.5 Å². The highest BCUT2D eigenvalue weighted by atomic mass is 19.1. The minimum atomic E-state index is -0.851. The first-order chi connectivity index (χ1) is 12.5. The van der Waals surface area contributed by atoms with E-state index in [2.05, 4.69) is 0 Å². The van der Waals surface area contributed by atoms with Gasteiger partial charge in [-0.1, -0.05) is 18.2 Å². The molecule has 0 aliphatic carbocycles. The number of rotatable bonds is 6. The molecule has 3 nitrogen and oxygen atoms in total. The number of nitrogens with zero attached hydrogens (tertiary/aromatic N) is 1. The van der Waals surface area contributed by atoms with Gasteiger partial charge in [-0.15, -0.1) is 0 Å². The Labute approximate surface area is 148 Å². The predicted octanol–water partition coefficient (Wildman–Crippen LogP) is 4.86. The fourth-order valence-electron chi connectivity index (χ4n) is 2.64. The molecule has 1 heterocycles. The minimum Gasteiger partial charge on any atom is -0.467 e. The van der Waals surface area contributed by atoms with E-state index >= 15 is 0 Å². The van der Waals surface area contributed by atoms with Crippen LogP contribution in [0.3, 0.4) is 0 Å². The second kappa shape index (κ2) is 7.91. The first-order valence-electron chi connectivity index (χ1n) is 8.06. The van der Waals surface area contributed by atoms with Crippen molar-refractivity contribution in [1.82, 2.24) is 0 Å². The average molecular weight is 359 g/mol. The number of aryl methyl sites for hydroxylation is 1. The van der Waals surface area contributed by atoms with Gasteiger partial charge in [-0.25, -0.2) is 13.2 Å². The Bertz CT molecular complexity index is 894. The van der Waals surface area contributed by atoms with E-state index in [1.54, 1.807) is 30.3 Å². The lowest BCUT2D eigenvalue weighted by Crippen LogP contribution is -2.31. The molecule has 1 amide bonds. The van der Waals surface area contributed by atoms with Crippen molar-refractivity contribution in [3.05, 3.63) is 89.6 Å². The summed E-state index contributed by atoms with van der Waals surface area (Å²) in [6.45, 7) is -0.00828. The maximum absolute atomic E-state index is 14.2. The van der Waals surface area contributed by atoms with Gasteiger partial charge in [0.2, 0.25) is 5.91 Å². The van der Waals surface area contributed by atoms with E-state index in [1.165, 1.54) is 23.3 Å². The lowest BCUT2D eigenvalue weighted by atomic mass is 10.1. The zero-order valence-electron chi connectivity index (χ0n) is 13.8. The lowest BCUT2D eigenvalue weighted by molar-refractivity contribution is -0.118. The second-order valence-corrected chi connectivity index (χ2v) is 5.75. The molecule has 0 bridgehead atoms. The van der Waals surface area contributed by atoms with Gasteiger partial charge >= 0.3 is 0 Å². The van der Waals surface area contributed by atoms with Crippen molar-refractivity contribution in [3.63, 3.8) is 0 Å². The first kappa shape index (κ1) is 17.8. The van der Waals surface area contributed by atoms with Crippen LogP contribution >= 0.6 is 0 Å². The zero-order valence-corrected chi connectivity index (χ0v) is 13.8. The Morgan fingerprint density at radius 1 is 0.962 bits per heavy atom. The molecule has 0 unspecified atom stereocenters. The van der Waals surface area contributed by atoms with Gasteiger partial charge in [0.25, 0.3) is 0 Å². The molecule has 0 spiro atoms. The number of hydrogen-bond donors (Lipinski definition) is 0. The molecular weight excluding hydrogens is 343 g/mol. The summed E-state index contributed by atoms with van der Waals surface area (Å²) in [5, 5.41) is 0. The normalized spacial score (nSPS) is 10.7. The number of anilines is 1. The van der Waals surface area contributed by atoms with Crippen LogP contribution in [0.2, 0.25) is 0 Å². The lowest BCUT2D eigenvalue weighted by Gasteiger charge is -2.22. The van der Waals surface area contributed by atoms with Gasteiger partial charge in [0, 0.05) is 12.5 Å². The molecule has 0 saturated heterocycles. The Morgan fingerprint density at radius 2 is 1.77 bits per heavy atom. The molecule has 0 saturated carbocycles. The number of hydrogen-bond acceptors (Lipinski definition) is 2. The van der Waals surface area contributed by atoms with Gasteiger partial charge in [0.15, 0.2) is 0 Å². The SMILES string of the molecule is O=C(CCc1ccccc1F)N(Cc1ccco1)c1ccc(F)cc1F. The summed E-state index contributed by atoms with van der Waals surface area (Å²) < 4.78 is 46.4. The summed E-state index contributed by atoms with van der Waals surface area (Å²) in [5.74, 6) is -1.95. The van der Waals surface area contributed by atoms with E-state index in [0.717, 1.165) is 6.07 Å². The van der Waals surface area contributed by atoms with E-state index in [0.29, 0.717) is 17.4 Å². The molecule has 0 N–H and O–H groups in total. The topological polar surface area (TPSA) is 33.5 Å². The van der Waals surface area contributed by atoms with Gasteiger partial charge in [-0.3, -0.25) is 4.79 Å². The van der Waals surface area contributed by atoms with Crippen LogP contribution in [0.4, 0.5) is 18.9 Å². The van der Waals surface area contributed by atoms with Crippen molar-refractivity contribution in [2.24, 2.45) is 0 Å². The number of furan rings is 1. The highest BCUT2D eigenvalue weighted by molar-refractivity contribution is 5.93. The van der Waals surface area contributed by atoms with E-state index in [4.69, 9.17) is 4.42 Å². The zero-order chi connectivity index (χ0) is 18.5. The summed E-state index contributed by atoms with van der Waals surface area (Å²) in [7, 11) is 0. The summed E-state index contributed by atoms with van der Waals surface area (Å²) in [6.07, 6.45) is 1.58. The fourth-order valence-corrected chi connectivity index (χ4v) is 2.64. The number of halogens is 3. The first-order valence-corrected chi connectivity index (χ1v) is 8.06. The van der Waals surface area contributed by atoms with Gasteiger partial charge in [-0.05, 0) is 42.3 Å². The Morgan fingerprint density at radius 3 is 2.46 bits per heavy atom. The quantitative estimate of drug-likeness (QED) is 0.630. The van der Waals surface area contributed by atoms with Crippen LogP contribution in [0.1, 0.15) is 17.7 Å². The molecule has 3 rings (SSSR count). The smallest absolute Gasteiger partial charge is 0.227 e. The highest BCUT2D eigenvalue weighted by Gasteiger charge is 2.21. The molecule has 3 aromatic rings. The third-order valence-corrected chi connectivity index (χ3v) is 3.96. The molecule has 2 aromatic carbocycles. The number of benzene rings is 2. The van der Waals surface area contributed by atoms with Gasteiger partial charge < -0.3 is 9.32 Å². The fraction of sp³-hybridized carbons (Fsp3) is 0.150. The molecule has 0 radical (unpaired) electrons. The number of carbonyl (C=O) groups excluding carboxylic acids is 1. The second-order valence-electron chi connectivity index (χ2n) is 5.75. The average Bonchev–Trinajstić information content (AvgIpc) is 3.12. The highest BCUT2D eigenvalue weighted by Crippen LogP contribution is 2.24. The van der Waals surface area contributed by atoms with Crippen LogP contribution in [0.15, 0.2) is 65.3 Å². The monoisotopic (exact) mass is 359 g/mol. The molecule has 0 aliphatic heterocycles. The molecule has 0 atom stereocenters. The van der Waals surface area contributed by atoms with E-state index < -0.39 is 23.4 Å². The van der Waals surface area contributed by atoms with Crippen LogP contribution in [-0.4, -0.2) is 5.91 Å². The Hall–Kier alpha value is -3.02. The minimum absolute atomic E-state index is 0.00828. The van der Waals surface area contributed by atoms with Crippen molar-refractivity contribution in [1.29, 1.82) is 0 Å². The summed E-state index contributed by atoms with van der Waals surface area (Å²) in [5.41, 5.74) is 0.347. The van der Waals surface area contributed by atoms with Crippen molar-refractivity contribution >= 4 is 11.6 Å². The van der Waals surface area contributed by atoms with E-state index in [1.807, 2.05) is 0 Å². The third-order valence-electron chi connectivity index (χ3n) is 3.96. The van der Waals surface area contributed by atoms with E-state index in [-0.39, 0.29) is 25.1 Å². The van der Waals surface area contributed by atoms with Crippen molar-refractivity contribution in [2.75, 3.05) is 4.90 Å². The summed E-state index contributed by atoms with van der Waals surface area (Å²) in [6, 6.07) is 12.5. The van der Waals surface area contributed by atoms with E-state index in [9.17, 15) is 18.0 Å². The predicted molar refractivity (Wildman–Crippen MR) is 91.0 cm³/mol. The van der Waals surface area contributed by atoms with Crippen LogP contribution in [-0.2, 0) is 17.8 Å². The van der Waals surface area contributed by atoms with Crippen molar-refractivity contribution in [2.45, 2.75) is 19.4 Å². The molecule has 0 fully saturated rings. The van der Waals surface area contributed by atoms with Crippen LogP contribution in [0.25, 0.3) is 0 Å². The Kier molecular flexibility index (Phi) is 5.41. The van der Waals surface area contributed by atoms with Crippen molar-refractivity contribution in [3.8, 4) is 0 Å². The maximum atomic E-state index is 14.2.